The Labute approximate surface area is 119 Å². The third kappa shape index (κ3) is 3.33. The number of nitrogen functional groups attached to an aromatic ring is 1. The normalized spacial score (nSPS) is 16.8. The number of benzene rings is 1. The second kappa shape index (κ2) is 6.31. The summed E-state index contributed by atoms with van der Waals surface area (Å²) in [5, 5.41) is 9.17. The molecular weight excluding hydrogens is 259 g/mol. The second-order valence-corrected chi connectivity index (χ2v) is 5.62. The standard InChI is InChI=1S/C15H23FN2O2/c1-10(2)20-15-8-14(13(17)7-12(15)16)18-5-3-11(9-19)4-6-18/h7-8,10-11,19H,3-6,9,17H2,1-2H3. The first-order valence-corrected chi connectivity index (χ1v) is 7.12. The highest BCUT2D eigenvalue weighted by Gasteiger charge is 2.21. The van der Waals surface area contributed by atoms with Gasteiger partial charge in [-0.15, -0.1) is 0 Å². The number of nitrogens with two attached hydrogens (primary N) is 1. The lowest BCUT2D eigenvalue weighted by molar-refractivity contribution is 0.203. The summed E-state index contributed by atoms with van der Waals surface area (Å²) in [6, 6.07) is 3.01. The fourth-order valence-electron chi connectivity index (χ4n) is 2.53. The van der Waals surface area contributed by atoms with Crippen LogP contribution in [-0.4, -0.2) is 30.9 Å². The molecule has 1 aliphatic rings. The SMILES string of the molecule is CC(C)Oc1cc(N2CCC(CO)CC2)c(N)cc1F. The largest absolute Gasteiger partial charge is 0.488 e. The highest BCUT2D eigenvalue weighted by molar-refractivity contribution is 5.70. The Morgan fingerprint density at radius 3 is 2.60 bits per heavy atom. The van der Waals surface area contributed by atoms with Gasteiger partial charge in [0.2, 0.25) is 0 Å². The smallest absolute Gasteiger partial charge is 0.167 e. The number of piperidine rings is 1. The van der Waals surface area contributed by atoms with E-state index in [0.29, 0.717) is 11.6 Å². The molecule has 0 amide bonds. The van der Waals surface area contributed by atoms with Crippen LogP contribution in [0, 0.1) is 11.7 Å². The number of nitrogens with zero attached hydrogens (tertiary/aromatic N) is 1. The molecule has 1 saturated heterocycles. The van der Waals surface area contributed by atoms with Crippen LogP contribution in [0.4, 0.5) is 15.8 Å². The number of aliphatic hydroxyl groups is 1. The molecule has 2 rings (SSSR count). The summed E-state index contributed by atoms with van der Waals surface area (Å²) < 4.78 is 19.3. The van der Waals surface area contributed by atoms with E-state index >= 15 is 0 Å². The van der Waals surface area contributed by atoms with E-state index in [-0.39, 0.29) is 18.5 Å². The van der Waals surface area contributed by atoms with Crippen LogP contribution in [0.3, 0.4) is 0 Å². The van der Waals surface area contributed by atoms with Crippen LogP contribution >= 0.6 is 0 Å². The van der Waals surface area contributed by atoms with Gasteiger partial charge in [0, 0.05) is 31.8 Å². The van der Waals surface area contributed by atoms with Crippen LogP contribution in [0.1, 0.15) is 26.7 Å². The molecule has 1 fully saturated rings. The quantitative estimate of drug-likeness (QED) is 0.833. The van der Waals surface area contributed by atoms with E-state index in [1.165, 1.54) is 6.07 Å². The monoisotopic (exact) mass is 282 g/mol. The highest BCUT2D eigenvalue weighted by Crippen LogP contribution is 2.33. The third-order valence-electron chi connectivity index (χ3n) is 3.66. The average molecular weight is 282 g/mol. The van der Waals surface area contributed by atoms with Crippen LogP contribution in [0.25, 0.3) is 0 Å². The van der Waals surface area contributed by atoms with Crippen molar-refractivity contribution in [3.63, 3.8) is 0 Å². The summed E-state index contributed by atoms with van der Waals surface area (Å²) in [7, 11) is 0. The van der Waals surface area contributed by atoms with Crippen molar-refractivity contribution in [3.05, 3.63) is 17.9 Å². The summed E-state index contributed by atoms with van der Waals surface area (Å²) in [5.41, 5.74) is 7.18. The van der Waals surface area contributed by atoms with Crippen molar-refractivity contribution in [2.75, 3.05) is 30.3 Å². The number of rotatable bonds is 4. The van der Waals surface area contributed by atoms with Crippen molar-refractivity contribution in [2.24, 2.45) is 5.92 Å². The molecule has 1 heterocycles. The van der Waals surface area contributed by atoms with Crippen LogP contribution in [0.15, 0.2) is 12.1 Å². The first-order chi connectivity index (χ1) is 9.51. The predicted molar refractivity (Wildman–Crippen MR) is 78.6 cm³/mol. The van der Waals surface area contributed by atoms with Gasteiger partial charge in [-0.1, -0.05) is 0 Å². The average Bonchev–Trinajstić information content (AvgIpc) is 2.41. The van der Waals surface area contributed by atoms with E-state index in [1.54, 1.807) is 6.07 Å². The van der Waals surface area contributed by atoms with E-state index in [4.69, 9.17) is 15.6 Å². The Morgan fingerprint density at radius 2 is 2.05 bits per heavy atom. The van der Waals surface area contributed by atoms with E-state index in [9.17, 15) is 4.39 Å². The van der Waals surface area contributed by atoms with Gasteiger partial charge in [-0.25, -0.2) is 4.39 Å². The number of anilines is 2. The summed E-state index contributed by atoms with van der Waals surface area (Å²) in [5.74, 6) is 0.179. The molecule has 4 nitrogen and oxygen atoms in total. The fraction of sp³-hybridized carbons (Fsp3) is 0.600. The second-order valence-electron chi connectivity index (χ2n) is 5.62. The lowest BCUT2D eigenvalue weighted by atomic mass is 9.97. The van der Waals surface area contributed by atoms with Crippen molar-refractivity contribution < 1.29 is 14.2 Å². The number of hydrogen-bond acceptors (Lipinski definition) is 4. The molecule has 0 radical (unpaired) electrons. The van der Waals surface area contributed by atoms with E-state index in [1.807, 2.05) is 13.8 Å². The molecule has 0 bridgehead atoms. The number of aliphatic hydroxyl groups excluding tert-OH is 1. The molecule has 0 unspecified atom stereocenters. The van der Waals surface area contributed by atoms with Crippen molar-refractivity contribution >= 4 is 11.4 Å². The maximum atomic E-state index is 13.8. The zero-order valence-electron chi connectivity index (χ0n) is 12.1. The topological polar surface area (TPSA) is 58.7 Å². The Hall–Kier alpha value is -1.49. The van der Waals surface area contributed by atoms with E-state index in [0.717, 1.165) is 31.6 Å². The minimum atomic E-state index is -0.426. The molecule has 5 heteroatoms. The van der Waals surface area contributed by atoms with E-state index < -0.39 is 5.82 Å². The minimum Gasteiger partial charge on any atom is -0.488 e. The lowest BCUT2D eigenvalue weighted by Crippen LogP contribution is -2.35. The van der Waals surface area contributed by atoms with Crippen molar-refractivity contribution in [2.45, 2.75) is 32.8 Å². The van der Waals surface area contributed by atoms with Crippen molar-refractivity contribution in [3.8, 4) is 5.75 Å². The predicted octanol–water partition coefficient (Wildman–Crippen LogP) is 2.40. The molecule has 0 spiro atoms. The summed E-state index contributed by atoms with van der Waals surface area (Å²) in [6.45, 7) is 5.60. The maximum absolute atomic E-state index is 13.8. The zero-order valence-corrected chi connectivity index (χ0v) is 12.1. The first-order valence-electron chi connectivity index (χ1n) is 7.12. The van der Waals surface area contributed by atoms with Gasteiger partial charge in [-0.2, -0.15) is 0 Å². The van der Waals surface area contributed by atoms with Gasteiger partial charge in [-0.3, -0.25) is 0 Å². The Bertz CT molecular complexity index is 457. The number of hydrogen-bond donors (Lipinski definition) is 2. The van der Waals surface area contributed by atoms with E-state index in [2.05, 4.69) is 4.90 Å². The lowest BCUT2D eigenvalue weighted by Gasteiger charge is -2.33. The summed E-state index contributed by atoms with van der Waals surface area (Å²) in [4.78, 5) is 2.13. The van der Waals surface area contributed by atoms with Crippen LogP contribution in [0.5, 0.6) is 5.75 Å². The first kappa shape index (κ1) is 14.9. The van der Waals surface area contributed by atoms with Gasteiger partial charge in [0.05, 0.1) is 17.5 Å². The van der Waals surface area contributed by atoms with Gasteiger partial charge >= 0.3 is 0 Å². The fourth-order valence-corrected chi connectivity index (χ4v) is 2.53. The minimum absolute atomic E-state index is 0.0823. The molecule has 0 saturated carbocycles. The molecule has 112 valence electrons. The molecule has 0 aliphatic carbocycles. The van der Waals surface area contributed by atoms with Gasteiger partial charge in [0.1, 0.15) is 0 Å². The third-order valence-corrected chi connectivity index (χ3v) is 3.66. The molecule has 0 aromatic heterocycles. The molecule has 1 aromatic carbocycles. The van der Waals surface area contributed by atoms with Crippen molar-refractivity contribution in [1.82, 2.24) is 0 Å². The zero-order chi connectivity index (χ0) is 14.7. The number of ether oxygens (including phenoxy) is 1. The Morgan fingerprint density at radius 1 is 1.40 bits per heavy atom. The molecular formula is C15H23FN2O2. The van der Waals surface area contributed by atoms with Crippen LogP contribution < -0.4 is 15.4 Å². The molecule has 1 aromatic rings. The number of halogens is 1. The maximum Gasteiger partial charge on any atom is 0.167 e. The Kier molecular flexibility index (Phi) is 4.70. The highest BCUT2D eigenvalue weighted by atomic mass is 19.1. The van der Waals surface area contributed by atoms with Gasteiger partial charge < -0.3 is 20.5 Å². The van der Waals surface area contributed by atoms with Crippen LogP contribution in [-0.2, 0) is 0 Å². The van der Waals surface area contributed by atoms with Gasteiger partial charge in [-0.05, 0) is 32.6 Å². The van der Waals surface area contributed by atoms with Crippen molar-refractivity contribution in [1.29, 1.82) is 0 Å². The van der Waals surface area contributed by atoms with Gasteiger partial charge in [0.25, 0.3) is 0 Å². The summed E-state index contributed by atoms with van der Waals surface area (Å²) >= 11 is 0. The molecule has 0 atom stereocenters. The van der Waals surface area contributed by atoms with Crippen LogP contribution in [0.2, 0.25) is 0 Å². The molecule has 3 N–H and O–H groups in total. The molecule has 20 heavy (non-hydrogen) atoms. The summed E-state index contributed by atoms with van der Waals surface area (Å²) in [6.07, 6.45) is 1.77. The Balaban J connectivity index is 2.19. The molecule has 1 aliphatic heterocycles. The van der Waals surface area contributed by atoms with Gasteiger partial charge in [0.15, 0.2) is 11.6 Å².